The third kappa shape index (κ3) is 2.06. The lowest BCUT2D eigenvalue weighted by Gasteiger charge is -2.01. The molecule has 0 amide bonds. The summed E-state index contributed by atoms with van der Waals surface area (Å²) in [5.41, 5.74) is 1.87. The minimum Gasteiger partial charge on any atom is -0.441 e. The van der Waals surface area contributed by atoms with Gasteiger partial charge in [0.25, 0.3) is 0 Å². The highest BCUT2D eigenvalue weighted by Gasteiger charge is 2.11. The van der Waals surface area contributed by atoms with Crippen molar-refractivity contribution in [3.63, 3.8) is 0 Å². The maximum Gasteiger partial charge on any atom is 0.226 e. The third-order valence-electron chi connectivity index (χ3n) is 2.47. The van der Waals surface area contributed by atoms with Crippen LogP contribution >= 0.6 is 0 Å². The van der Waals surface area contributed by atoms with Crippen LogP contribution in [0.1, 0.15) is 37.0 Å². The molecule has 0 unspecified atom stereocenters. The van der Waals surface area contributed by atoms with Crippen LogP contribution in [-0.2, 0) is 0 Å². The van der Waals surface area contributed by atoms with Crippen molar-refractivity contribution >= 4 is 5.57 Å². The van der Waals surface area contributed by atoms with Gasteiger partial charge in [-0.25, -0.2) is 4.98 Å². The van der Waals surface area contributed by atoms with Gasteiger partial charge < -0.3 is 4.42 Å². The zero-order chi connectivity index (χ0) is 11.5. The minimum atomic E-state index is 0.352. The molecule has 2 nitrogen and oxygen atoms in total. The third-order valence-corrected chi connectivity index (χ3v) is 2.47. The summed E-state index contributed by atoms with van der Waals surface area (Å²) in [6.45, 7) is 8.17. The number of hydrogen-bond acceptors (Lipinski definition) is 2. The zero-order valence-corrected chi connectivity index (χ0v) is 9.60. The molecule has 0 aliphatic rings. The van der Waals surface area contributed by atoms with Crippen LogP contribution in [0, 0.1) is 0 Å². The lowest BCUT2D eigenvalue weighted by molar-refractivity contribution is 0.472. The van der Waals surface area contributed by atoms with E-state index in [0.29, 0.717) is 11.8 Å². The SMILES string of the molecule is C=C(c1ccccc1)c1ncc(C(C)C)o1. The van der Waals surface area contributed by atoms with Crippen LogP contribution in [0.15, 0.2) is 47.5 Å². The van der Waals surface area contributed by atoms with Gasteiger partial charge in [0.1, 0.15) is 5.76 Å². The van der Waals surface area contributed by atoms with Crippen LogP contribution in [0.2, 0.25) is 0 Å². The van der Waals surface area contributed by atoms with Crippen molar-refractivity contribution in [2.45, 2.75) is 19.8 Å². The van der Waals surface area contributed by atoms with E-state index < -0.39 is 0 Å². The molecule has 0 bridgehead atoms. The summed E-state index contributed by atoms with van der Waals surface area (Å²) >= 11 is 0. The van der Waals surface area contributed by atoms with E-state index >= 15 is 0 Å². The first-order valence-electron chi connectivity index (χ1n) is 5.39. The highest BCUT2D eigenvalue weighted by atomic mass is 16.4. The van der Waals surface area contributed by atoms with Crippen molar-refractivity contribution in [3.05, 3.63) is 60.3 Å². The maximum atomic E-state index is 5.65. The fourth-order valence-electron chi connectivity index (χ4n) is 1.46. The van der Waals surface area contributed by atoms with E-state index in [1.807, 2.05) is 30.3 Å². The van der Waals surface area contributed by atoms with Crippen LogP contribution in [0.4, 0.5) is 0 Å². The molecule has 0 spiro atoms. The quantitative estimate of drug-likeness (QED) is 0.773. The zero-order valence-electron chi connectivity index (χ0n) is 9.60. The number of benzene rings is 1. The van der Waals surface area contributed by atoms with E-state index in [2.05, 4.69) is 25.4 Å². The van der Waals surface area contributed by atoms with Gasteiger partial charge >= 0.3 is 0 Å². The van der Waals surface area contributed by atoms with Crippen molar-refractivity contribution in [1.29, 1.82) is 0 Å². The number of hydrogen-bond donors (Lipinski definition) is 0. The Kier molecular flexibility index (Phi) is 2.91. The summed E-state index contributed by atoms with van der Waals surface area (Å²) in [6, 6.07) is 9.94. The first-order chi connectivity index (χ1) is 7.68. The van der Waals surface area contributed by atoms with Gasteiger partial charge in [-0.1, -0.05) is 50.8 Å². The van der Waals surface area contributed by atoms with Crippen LogP contribution in [0.25, 0.3) is 5.57 Å². The second-order valence-corrected chi connectivity index (χ2v) is 4.07. The Morgan fingerprint density at radius 2 is 1.94 bits per heavy atom. The Labute approximate surface area is 95.6 Å². The Morgan fingerprint density at radius 3 is 2.50 bits per heavy atom. The Bertz CT molecular complexity index is 482. The first kappa shape index (κ1) is 10.7. The molecule has 2 rings (SSSR count). The summed E-state index contributed by atoms with van der Waals surface area (Å²) < 4.78 is 5.65. The number of aromatic nitrogens is 1. The molecule has 0 saturated heterocycles. The molecule has 0 aliphatic carbocycles. The fourth-order valence-corrected chi connectivity index (χ4v) is 1.46. The number of rotatable bonds is 3. The molecule has 0 N–H and O–H groups in total. The van der Waals surface area contributed by atoms with Gasteiger partial charge in [-0.05, 0) is 5.56 Å². The highest BCUT2D eigenvalue weighted by Crippen LogP contribution is 2.23. The molecule has 0 radical (unpaired) electrons. The van der Waals surface area contributed by atoms with Gasteiger partial charge in [-0.15, -0.1) is 0 Å². The van der Waals surface area contributed by atoms with E-state index in [4.69, 9.17) is 4.42 Å². The van der Waals surface area contributed by atoms with Crippen LogP contribution in [0.3, 0.4) is 0 Å². The molecular weight excluding hydrogens is 198 g/mol. The van der Waals surface area contributed by atoms with E-state index in [9.17, 15) is 0 Å². The standard InChI is InChI=1S/C14H15NO/c1-10(2)13-9-15-14(16-13)11(3)12-7-5-4-6-8-12/h4-10H,3H2,1-2H3. The monoisotopic (exact) mass is 213 g/mol. The first-order valence-corrected chi connectivity index (χ1v) is 5.39. The van der Waals surface area contributed by atoms with Gasteiger partial charge in [-0.2, -0.15) is 0 Å². The Morgan fingerprint density at radius 1 is 1.25 bits per heavy atom. The van der Waals surface area contributed by atoms with Crippen LogP contribution < -0.4 is 0 Å². The molecule has 16 heavy (non-hydrogen) atoms. The van der Waals surface area contributed by atoms with Gasteiger partial charge in [0.05, 0.1) is 6.20 Å². The average Bonchev–Trinajstić information content (AvgIpc) is 2.78. The van der Waals surface area contributed by atoms with E-state index in [1.165, 1.54) is 0 Å². The lowest BCUT2D eigenvalue weighted by Crippen LogP contribution is -1.85. The van der Waals surface area contributed by atoms with Gasteiger partial charge in [0.15, 0.2) is 0 Å². The van der Waals surface area contributed by atoms with Crippen molar-refractivity contribution in [2.75, 3.05) is 0 Å². The van der Waals surface area contributed by atoms with E-state index in [1.54, 1.807) is 6.20 Å². The summed E-state index contributed by atoms with van der Waals surface area (Å²) in [5, 5.41) is 0. The topological polar surface area (TPSA) is 26.0 Å². The predicted octanol–water partition coefficient (Wildman–Crippen LogP) is 3.86. The van der Waals surface area contributed by atoms with Crippen molar-refractivity contribution in [1.82, 2.24) is 4.98 Å². The number of oxazole rings is 1. The van der Waals surface area contributed by atoms with Crippen molar-refractivity contribution in [2.24, 2.45) is 0 Å². The summed E-state index contributed by atoms with van der Waals surface area (Å²) in [5.74, 6) is 1.85. The predicted molar refractivity (Wildman–Crippen MR) is 65.2 cm³/mol. The van der Waals surface area contributed by atoms with Crippen molar-refractivity contribution in [3.8, 4) is 0 Å². The second kappa shape index (κ2) is 4.35. The molecule has 0 atom stereocenters. The molecule has 2 aromatic rings. The molecule has 0 saturated carbocycles. The van der Waals surface area contributed by atoms with Gasteiger partial charge in [0.2, 0.25) is 5.89 Å². The minimum absolute atomic E-state index is 0.352. The molecule has 0 aliphatic heterocycles. The van der Waals surface area contributed by atoms with Gasteiger partial charge in [0, 0.05) is 11.5 Å². The Balaban J connectivity index is 2.28. The largest absolute Gasteiger partial charge is 0.441 e. The fraction of sp³-hybridized carbons (Fsp3) is 0.214. The molecule has 2 heteroatoms. The van der Waals surface area contributed by atoms with Crippen LogP contribution in [0.5, 0.6) is 0 Å². The molecule has 82 valence electrons. The second-order valence-electron chi connectivity index (χ2n) is 4.07. The highest BCUT2D eigenvalue weighted by molar-refractivity contribution is 5.73. The summed E-state index contributed by atoms with van der Waals surface area (Å²) in [7, 11) is 0. The van der Waals surface area contributed by atoms with Crippen molar-refractivity contribution < 1.29 is 4.42 Å². The maximum absolute atomic E-state index is 5.65. The molecule has 0 fully saturated rings. The number of nitrogens with zero attached hydrogens (tertiary/aromatic N) is 1. The summed E-state index contributed by atoms with van der Waals surface area (Å²) in [6.07, 6.45) is 1.77. The Hall–Kier alpha value is -1.83. The molecular formula is C14H15NO. The molecule has 1 heterocycles. The van der Waals surface area contributed by atoms with E-state index in [-0.39, 0.29) is 0 Å². The smallest absolute Gasteiger partial charge is 0.226 e. The molecule has 1 aromatic heterocycles. The summed E-state index contributed by atoms with van der Waals surface area (Å²) in [4.78, 5) is 4.25. The lowest BCUT2D eigenvalue weighted by atomic mass is 10.1. The molecule has 1 aromatic carbocycles. The van der Waals surface area contributed by atoms with E-state index in [0.717, 1.165) is 16.9 Å². The van der Waals surface area contributed by atoms with Crippen LogP contribution in [-0.4, -0.2) is 4.98 Å². The normalized spacial score (nSPS) is 10.7. The van der Waals surface area contributed by atoms with Gasteiger partial charge in [-0.3, -0.25) is 0 Å². The average molecular weight is 213 g/mol.